The van der Waals surface area contributed by atoms with Gasteiger partial charge in [-0.3, -0.25) is 9.59 Å². The summed E-state index contributed by atoms with van der Waals surface area (Å²) in [4.78, 5) is 29.9. The lowest BCUT2D eigenvalue weighted by Crippen LogP contribution is -2.45. The maximum absolute atomic E-state index is 13.1. The van der Waals surface area contributed by atoms with Gasteiger partial charge in [0.25, 0.3) is 0 Å². The van der Waals surface area contributed by atoms with Crippen molar-refractivity contribution in [2.45, 2.75) is 36.2 Å². The summed E-state index contributed by atoms with van der Waals surface area (Å²) in [5.41, 5.74) is 9.95. The number of sulfone groups is 1. The Morgan fingerprint density at radius 1 is 1.00 bits per heavy atom. The number of amides is 2. The van der Waals surface area contributed by atoms with Crippen molar-refractivity contribution in [2.24, 2.45) is 17.8 Å². The van der Waals surface area contributed by atoms with Crippen LogP contribution in [0.1, 0.15) is 24.8 Å². The van der Waals surface area contributed by atoms with Crippen LogP contribution in [-0.2, 0) is 19.4 Å². The van der Waals surface area contributed by atoms with Crippen molar-refractivity contribution in [3.63, 3.8) is 0 Å². The SMILES string of the molecule is CS(=O)(=O)c1cc(Cl)cc(/C=C/C(=O)N2C[C@@H]3CN(C(=O)C4CCC5NNNC5C4)C[C@H]3C2)c1. The second-order valence-electron chi connectivity index (χ2n) is 9.97. The van der Waals surface area contributed by atoms with Crippen LogP contribution in [-0.4, -0.2) is 74.6 Å². The van der Waals surface area contributed by atoms with E-state index >= 15 is 0 Å². The molecule has 4 fully saturated rings. The Morgan fingerprint density at radius 2 is 1.68 bits per heavy atom. The molecule has 11 heteroatoms. The third kappa shape index (κ3) is 4.87. The number of hydrazine groups is 2. The van der Waals surface area contributed by atoms with Crippen molar-refractivity contribution >= 4 is 39.3 Å². The number of nitrogens with one attached hydrogen (secondary N) is 3. The molecule has 0 bridgehead atoms. The van der Waals surface area contributed by atoms with E-state index in [1.165, 1.54) is 18.2 Å². The van der Waals surface area contributed by atoms with E-state index in [2.05, 4.69) is 16.4 Å². The summed E-state index contributed by atoms with van der Waals surface area (Å²) in [6.45, 7) is 2.67. The van der Waals surface area contributed by atoms with Gasteiger partial charge in [0.1, 0.15) is 0 Å². The van der Waals surface area contributed by atoms with Crippen LogP contribution in [0.4, 0.5) is 0 Å². The highest BCUT2D eigenvalue weighted by Crippen LogP contribution is 2.34. The standard InChI is InChI=1S/C23H30ClN5O4S/c1-34(32,33)19-7-14(6-18(24)9-19)2-5-22(30)28-10-16-12-29(13-17(16)11-28)23(31)15-3-4-20-21(8-15)26-27-25-20/h2,5-7,9,15-17,20-21,25-27H,3-4,8,10-13H2,1H3/b5-2+/t15?,16-,17-,20?,21?/m1/s1. The highest BCUT2D eigenvalue weighted by molar-refractivity contribution is 7.90. The Hall–Kier alpha value is -1.98. The van der Waals surface area contributed by atoms with Crippen molar-refractivity contribution in [1.82, 2.24) is 26.2 Å². The number of halogens is 1. The predicted molar refractivity (Wildman–Crippen MR) is 128 cm³/mol. The molecule has 3 saturated heterocycles. The van der Waals surface area contributed by atoms with E-state index in [0.717, 1.165) is 25.5 Å². The van der Waals surface area contributed by atoms with Gasteiger partial charge in [0, 0.05) is 73.4 Å². The van der Waals surface area contributed by atoms with Gasteiger partial charge in [-0.15, -0.1) is 0 Å². The van der Waals surface area contributed by atoms with Crippen LogP contribution < -0.4 is 16.4 Å². The number of carbonyl (C=O) groups excluding carboxylic acids is 2. The first-order chi connectivity index (χ1) is 16.2. The highest BCUT2D eigenvalue weighted by Gasteiger charge is 2.45. The Labute approximate surface area is 204 Å². The fourth-order valence-electron chi connectivity index (χ4n) is 5.73. The van der Waals surface area contributed by atoms with Crippen molar-refractivity contribution in [3.8, 4) is 0 Å². The lowest BCUT2D eigenvalue weighted by Gasteiger charge is -2.32. The summed E-state index contributed by atoms with van der Waals surface area (Å²) < 4.78 is 23.7. The molecule has 1 aromatic rings. The van der Waals surface area contributed by atoms with Crippen molar-refractivity contribution in [1.29, 1.82) is 0 Å². The number of hydrogen-bond donors (Lipinski definition) is 3. The van der Waals surface area contributed by atoms with Crippen LogP contribution in [0.2, 0.25) is 5.02 Å². The Kier molecular flexibility index (Phi) is 6.45. The van der Waals surface area contributed by atoms with Crippen molar-refractivity contribution < 1.29 is 18.0 Å². The summed E-state index contributed by atoms with van der Waals surface area (Å²) in [5, 5.41) is 0.306. The molecular weight excluding hydrogens is 478 g/mol. The molecule has 184 valence electrons. The number of hydrogen-bond acceptors (Lipinski definition) is 7. The average molecular weight is 508 g/mol. The van der Waals surface area contributed by atoms with Gasteiger partial charge in [-0.1, -0.05) is 11.6 Å². The van der Waals surface area contributed by atoms with E-state index in [-0.39, 0.29) is 28.7 Å². The van der Waals surface area contributed by atoms with E-state index in [1.807, 2.05) is 9.80 Å². The molecule has 3 unspecified atom stereocenters. The van der Waals surface area contributed by atoms with Gasteiger partial charge in [-0.2, -0.15) is 5.53 Å². The minimum Gasteiger partial charge on any atom is -0.342 e. The Morgan fingerprint density at radius 3 is 2.38 bits per heavy atom. The van der Waals surface area contributed by atoms with Crippen molar-refractivity contribution in [3.05, 3.63) is 34.9 Å². The van der Waals surface area contributed by atoms with Crippen LogP contribution in [0.25, 0.3) is 6.08 Å². The molecule has 3 aliphatic heterocycles. The van der Waals surface area contributed by atoms with Gasteiger partial charge in [0.05, 0.1) is 4.90 Å². The van der Waals surface area contributed by atoms with E-state index in [0.29, 0.717) is 54.6 Å². The van der Waals surface area contributed by atoms with Crippen LogP contribution in [0.5, 0.6) is 0 Å². The molecule has 34 heavy (non-hydrogen) atoms. The first kappa shape index (κ1) is 23.7. The fourth-order valence-corrected chi connectivity index (χ4v) is 6.73. The summed E-state index contributed by atoms with van der Waals surface area (Å²) in [6, 6.07) is 5.21. The summed E-state index contributed by atoms with van der Waals surface area (Å²) in [5.74, 6) is 0.799. The third-order valence-corrected chi connectivity index (χ3v) is 8.87. The highest BCUT2D eigenvalue weighted by atomic mass is 35.5. The van der Waals surface area contributed by atoms with E-state index in [1.54, 1.807) is 12.1 Å². The quantitative estimate of drug-likeness (QED) is 0.517. The van der Waals surface area contributed by atoms with Gasteiger partial charge in [-0.25, -0.2) is 19.3 Å². The van der Waals surface area contributed by atoms with Crippen LogP contribution >= 0.6 is 11.6 Å². The summed E-state index contributed by atoms with van der Waals surface area (Å²) in [7, 11) is -3.39. The van der Waals surface area contributed by atoms with E-state index < -0.39 is 9.84 Å². The number of likely N-dealkylation sites (tertiary alicyclic amines) is 2. The molecular formula is C23H30ClN5O4S. The summed E-state index contributed by atoms with van der Waals surface area (Å²) in [6.07, 6.45) is 6.92. The van der Waals surface area contributed by atoms with E-state index in [9.17, 15) is 18.0 Å². The van der Waals surface area contributed by atoms with Crippen LogP contribution in [0.3, 0.4) is 0 Å². The van der Waals surface area contributed by atoms with Gasteiger partial charge in [0.2, 0.25) is 11.8 Å². The summed E-state index contributed by atoms with van der Waals surface area (Å²) >= 11 is 6.05. The molecule has 5 rings (SSSR count). The number of rotatable bonds is 4. The molecule has 9 nitrogen and oxygen atoms in total. The largest absolute Gasteiger partial charge is 0.342 e. The van der Waals surface area contributed by atoms with Gasteiger partial charge < -0.3 is 9.80 Å². The number of carbonyl (C=O) groups is 2. The Balaban J connectivity index is 1.16. The second-order valence-corrected chi connectivity index (χ2v) is 12.4. The average Bonchev–Trinajstić information content (AvgIpc) is 3.50. The van der Waals surface area contributed by atoms with Crippen molar-refractivity contribution in [2.75, 3.05) is 32.4 Å². The van der Waals surface area contributed by atoms with Gasteiger partial charge >= 0.3 is 0 Å². The first-order valence-corrected chi connectivity index (χ1v) is 14.0. The molecule has 0 radical (unpaired) electrons. The second kappa shape index (κ2) is 9.23. The number of nitrogens with zero attached hydrogens (tertiary/aromatic N) is 2. The third-order valence-electron chi connectivity index (χ3n) is 7.56. The number of benzene rings is 1. The zero-order valence-electron chi connectivity index (χ0n) is 19.0. The molecule has 1 aromatic carbocycles. The molecule has 1 saturated carbocycles. The monoisotopic (exact) mass is 507 g/mol. The molecule has 3 N–H and O–H groups in total. The van der Waals surface area contributed by atoms with Gasteiger partial charge in [0.15, 0.2) is 9.84 Å². The molecule has 0 spiro atoms. The molecule has 1 aliphatic carbocycles. The minimum atomic E-state index is -3.39. The Bertz CT molecular complexity index is 1110. The maximum Gasteiger partial charge on any atom is 0.246 e. The number of fused-ring (bicyclic) bond motifs is 2. The lowest BCUT2D eigenvalue weighted by atomic mass is 9.82. The topological polar surface area (TPSA) is 111 Å². The van der Waals surface area contributed by atoms with Crippen LogP contribution in [0.15, 0.2) is 29.2 Å². The fraction of sp³-hybridized carbons (Fsp3) is 0.565. The minimum absolute atomic E-state index is 0.0597. The van der Waals surface area contributed by atoms with Crippen LogP contribution in [0, 0.1) is 17.8 Å². The van der Waals surface area contributed by atoms with Gasteiger partial charge in [-0.05, 0) is 49.1 Å². The molecule has 2 amide bonds. The first-order valence-electron chi connectivity index (χ1n) is 11.7. The van der Waals surface area contributed by atoms with E-state index in [4.69, 9.17) is 11.6 Å². The lowest BCUT2D eigenvalue weighted by molar-refractivity contribution is -0.136. The normalized spacial score (nSPS) is 31.2. The zero-order chi connectivity index (χ0) is 24.0. The molecule has 5 atom stereocenters. The zero-order valence-corrected chi connectivity index (χ0v) is 20.6. The molecule has 3 heterocycles. The molecule has 0 aromatic heterocycles. The maximum atomic E-state index is 13.1. The smallest absolute Gasteiger partial charge is 0.246 e. The molecule has 4 aliphatic rings. The predicted octanol–water partition coefficient (Wildman–Crippen LogP) is 0.823.